The van der Waals surface area contributed by atoms with Crippen LogP contribution in [-0.2, 0) is 16.0 Å². The first-order valence-corrected chi connectivity index (χ1v) is 6.86. The fourth-order valence-corrected chi connectivity index (χ4v) is 2.70. The van der Waals surface area contributed by atoms with Gasteiger partial charge in [0.25, 0.3) is 0 Å². The first-order valence-electron chi connectivity index (χ1n) is 5.06. The highest BCUT2D eigenvalue weighted by atomic mass is 79.9. The van der Waals surface area contributed by atoms with Crippen molar-refractivity contribution in [3.63, 3.8) is 0 Å². The minimum absolute atomic E-state index is 0.219. The third kappa shape index (κ3) is 4.63. The van der Waals surface area contributed by atoms with Crippen LogP contribution in [-0.4, -0.2) is 42.9 Å². The number of carbonyl (C=O) groups is 1. The van der Waals surface area contributed by atoms with Crippen LogP contribution in [0, 0.1) is 0 Å². The molecule has 0 aliphatic heterocycles. The lowest BCUT2D eigenvalue weighted by atomic mass is 10.3. The summed E-state index contributed by atoms with van der Waals surface area (Å²) in [5.41, 5.74) is 0. The average Bonchev–Trinajstić information content (AvgIpc) is 2.78. The summed E-state index contributed by atoms with van der Waals surface area (Å²) in [7, 11) is 3.41. The van der Waals surface area contributed by atoms with Crippen LogP contribution in [0.25, 0.3) is 0 Å². The van der Waals surface area contributed by atoms with Crippen molar-refractivity contribution in [1.29, 1.82) is 0 Å². The summed E-state index contributed by atoms with van der Waals surface area (Å²) in [5, 5.41) is 2.08. The molecule has 5 heteroatoms. The smallest absolute Gasteiger partial charge is 0.320 e. The second-order valence-corrected chi connectivity index (χ2v) is 5.72. The zero-order chi connectivity index (χ0) is 12.0. The molecule has 16 heavy (non-hydrogen) atoms. The Labute approximate surface area is 109 Å². The molecule has 1 aromatic rings. The predicted octanol–water partition coefficient (Wildman–Crippen LogP) is 2.16. The first kappa shape index (κ1) is 13.7. The molecule has 90 valence electrons. The van der Waals surface area contributed by atoms with E-state index in [1.165, 1.54) is 12.0 Å². The van der Waals surface area contributed by atoms with Gasteiger partial charge in [0, 0.05) is 18.0 Å². The fraction of sp³-hybridized carbons (Fsp3) is 0.545. The maximum Gasteiger partial charge on any atom is 0.320 e. The molecule has 0 saturated carbocycles. The van der Waals surface area contributed by atoms with Gasteiger partial charge >= 0.3 is 5.97 Å². The maximum absolute atomic E-state index is 11.2. The Morgan fingerprint density at radius 3 is 3.00 bits per heavy atom. The lowest BCUT2D eigenvalue weighted by Gasteiger charge is -2.18. The van der Waals surface area contributed by atoms with Gasteiger partial charge in [-0.15, -0.1) is 11.3 Å². The Bertz CT molecular complexity index is 316. The predicted molar refractivity (Wildman–Crippen MR) is 70.3 cm³/mol. The van der Waals surface area contributed by atoms with Crippen LogP contribution < -0.4 is 0 Å². The largest absolute Gasteiger partial charge is 0.468 e. The van der Waals surface area contributed by atoms with Crippen LogP contribution in [0.4, 0.5) is 0 Å². The number of esters is 1. The van der Waals surface area contributed by atoms with E-state index in [9.17, 15) is 4.79 Å². The average molecular weight is 306 g/mol. The zero-order valence-electron chi connectivity index (χ0n) is 9.48. The van der Waals surface area contributed by atoms with Gasteiger partial charge in [-0.3, -0.25) is 4.79 Å². The van der Waals surface area contributed by atoms with Gasteiger partial charge in [-0.05, 0) is 24.9 Å². The standard InChI is InChI=1S/C11H16BrNO2S/c1-13(8-10(12)11(14)15-2)6-5-9-4-3-7-16-9/h3-4,7,10H,5-6,8H2,1-2H3. The van der Waals surface area contributed by atoms with E-state index in [1.54, 1.807) is 11.3 Å². The summed E-state index contributed by atoms with van der Waals surface area (Å²) in [6.07, 6.45) is 1.02. The molecule has 0 aromatic carbocycles. The van der Waals surface area contributed by atoms with Crippen LogP contribution in [0.15, 0.2) is 17.5 Å². The summed E-state index contributed by atoms with van der Waals surface area (Å²) < 4.78 is 4.65. The van der Waals surface area contributed by atoms with Crippen molar-refractivity contribution in [3.8, 4) is 0 Å². The Hall–Kier alpha value is -0.390. The van der Waals surface area contributed by atoms with Gasteiger partial charge in [0.2, 0.25) is 0 Å². The number of likely N-dealkylation sites (N-methyl/N-ethyl adjacent to an activating group) is 1. The van der Waals surface area contributed by atoms with Crippen molar-refractivity contribution >= 4 is 33.2 Å². The van der Waals surface area contributed by atoms with Crippen molar-refractivity contribution in [1.82, 2.24) is 4.90 Å². The lowest BCUT2D eigenvalue weighted by molar-refractivity contribution is -0.140. The Balaban J connectivity index is 2.25. The minimum atomic E-state index is -0.245. The second-order valence-electron chi connectivity index (χ2n) is 3.58. The van der Waals surface area contributed by atoms with Gasteiger partial charge in [-0.1, -0.05) is 22.0 Å². The van der Waals surface area contributed by atoms with E-state index in [-0.39, 0.29) is 10.8 Å². The van der Waals surface area contributed by atoms with Crippen molar-refractivity contribution in [2.24, 2.45) is 0 Å². The molecule has 0 amide bonds. The number of halogens is 1. The van der Waals surface area contributed by atoms with Gasteiger partial charge in [0.05, 0.1) is 7.11 Å². The fourth-order valence-electron chi connectivity index (χ4n) is 1.32. The molecule has 1 unspecified atom stereocenters. The highest BCUT2D eigenvalue weighted by Crippen LogP contribution is 2.10. The van der Waals surface area contributed by atoms with Crippen LogP contribution >= 0.6 is 27.3 Å². The number of methoxy groups -OCH3 is 1. The molecule has 1 atom stereocenters. The SMILES string of the molecule is COC(=O)C(Br)CN(C)CCc1cccs1. The van der Waals surface area contributed by atoms with Crippen LogP contribution in [0.1, 0.15) is 4.88 Å². The second kappa shape index (κ2) is 7.04. The van der Waals surface area contributed by atoms with E-state index in [2.05, 4.69) is 43.1 Å². The number of rotatable bonds is 6. The molecule has 1 rings (SSSR count). The van der Waals surface area contributed by atoms with Crippen molar-refractivity contribution < 1.29 is 9.53 Å². The summed E-state index contributed by atoms with van der Waals surface area (Å²) in [6.45, 7) is 1.61. The quantitative estimate of drug-likeness (QED) is 0.596. The molecule has 0 fully saturated rings. The van der Waals surface area contributed by atoms with E-state index < -0.39 is 0 Å². The van der Waals surface area contributed by atoms with E-state index in [0.29, 0.717) is 6.54 Å². The number of hydrogen-bond donors (Lipinski definition) is 0. The Morgan fingerprint density at radius 2 is 2.44 bits per heavy atom. The van der Waals surface area contributed by atoms with Gasteiger partial charge in [-0.25, -0.2) is 0 Å². The van der Waals surface area contributed by atoms with Crippen LogP contribution in [0.5, 0.6) is 0 Å². The van der Waals surface area contributed by atoms with Crippen molar-refractivity contribution in [2.45, 2.75) is 11.2 Å². The molecule has 1 aromatic heterocycles. The molecule has 0 N–H and O–H groups in total. The summed E-state index contributed by atoms with van der Waals surface area (Å²) in [6, 6.07) is 4.19. The van der Waals surface area contributed by atoms with Crippen LogP contribution in [0.2, 0.25) is 0 Å². The van der Waals surface area contributed by atoms with E-state index in [1.807, 2.05) is 7.05 Å². The number of hydrogen-bond acceptors (Lipinski definition) is 4. The molecule has 3 nitrogen and oxygen atoms in total. The Morgan fingerprint density at radius 1 is 1.69 bits per heavy atom. The van der Waals surface area contributed by atoms with E-state index in [4.69, 9.17) is 0 Å². The topological polar surface area (TPSA) is 29.5 Å². The number of alkyl halides is 1. The van der Waals surface area contributed by atoms with Crippen molar-refractivity contribution in [3.05, 3.63) is 22.4 Å². The summed E-state index contributed by atoms with van der Waals surface area (Å²) in [4.78, 5) is 14.4. The highest BCUT2D eigenvalue weighted by molar-refractivity contribution is 9.10. The molecule has 0 spiro atoms. The minimum Gasteiger partial charge on any atom is -0.468 e. The molecular formula is C11H16BrNO2S. The van der Waals surface area contributed by atoms with Gasteiger partial charge in [0.15, 0.2) is 0 Å². The molecule has 0 radical (unpaired) electrons. The van der Waals surface area contributed by atoms with Gasteiger partial charge in [0.1, 0.15) is 4.83 Å². The number of carbonyl (C=O) groups excluding carboxylic acids is 1. The molecule has 0 aliphatic carbocycles. The molecular weight excluding hydrogens is 290 g/mol. The zero-order valence-corrected chi connectivity index (χ0v) is 11.9. The van der Waals surface area contributed by atoms with E-state index in [0.717, 1.165) is 13.0 Å². The normalized spacial score (nSPS) is 12.8. The van der Waals surface area contributed by atoms with Gasteiger partial charge < -0.3 is 9.64 Å². The Kier molecular flexibility index (Phi) is 6.01. The summed E-state index contributed by atoms with van der Waals surface area (Å²) >= 11 is 5.07. The molecule has 0 saturated heterocycles. The third-order valence-electron chi connectivity index (χ3n) is 2.25. The monoisotopic (exact) mass is 305 g/mol. The number of thiophene rings is 1. The third-order valence-corrected chi connectivity index (χ3v) is 3.85. The van der Waals surface area contributed by atoms with Crippen LogP contribution in [0.3, 0.4) is 0 Å². The first-order chi connectivity index (χ1) is 7.63. The van der Waals surface area contributed by atoms with Crippen molar-refractivity contribution in [2.75, 3.05) is 27.2 Å². The van der Waals surface area contributed by atoms with E-state index >= 15 is 0 Å². The molecule has 1 heterocycles. The number of ether oxygens (including phenoxy) is 1. The molecule has 0 aliphatic rings. The maximum atomic E-state index is 11.2. The molecule has 0 bridgehead atoms. The van der Waals surface area contributed by atoms with Gasteiger partial charge in [-0.2, -0.15) is 0 Å². The highest BCUT2D eigenvalue weighted by Gasteiger charge is 2.16. The number of nitrogens with zero attached hydrogens (tertiary/aromatic N) is 1. The lowest BCUT2D eigenvalue weighted by Crippen LogP contribution is -2.32. The summed E-state index contributed by atoms with van der Waals surface area (Å²) in [5.74, 6) is -0.219.